The normalized spacial score (nSPS) is 19.1. The number of hydrogen-bond donors (Lipinski definition) is 2. The third kappa shape index (κ3) is 3.09. The van der Waals surface area contributed by atoms with Crippen LogP contribution in [0.5, 0.6) is 0 Å². The molecule has 0 heterocycles. The first-order chi connectivity index (χ1) is 10.1. The van der Waals surface area contributed by atoms with E-state index in [2.05, 4.69) is 24.2 Å². The van der Waals surface area contributed by atoms with Gasteiger partial charge >= 0.3 is 0 Å². The third-order valence-electron chi connectivity index (χ3n) is 4.84. The predicted octanol–water partition coefficient (Wildman–Crippen LogP) is 3.64. The first-order valence-electron chi connectivity index (χ1n) is 7.75. The number of nitrogens with zero attached hydrogens (tertiary/aromatic N) is 1. The van der Waals surface area contributed by atoms with E-state index in [1.165, 1.54) is 25.0 Å². The SMILES string of the molecule is CCN(CC)C1(C(NN)c2cc(F)ccc2Cl)CCCC1. The van der Waals surface area contributed by atoms with Crippen molar-refractivity contribution in [3.8, 4) is 0 Å². The molecule has 1 fully saturated rings. The Kier molecular flexibility index (Phi) is 5.60. The van der Waals surface area contributed by atoms with Crippen molar-refractivity contribution in [3.63, 3.8) is 0 Å². The Morgan fingerprint density at radius 2 is 1.95 bits per heavy atom. The van der Waals surface area contributed by atoms with Gasteiger partial charge in [-0.3, -0.25) is 16.2 Å². The van der Waals surface area contributed by atoms with E-state index in [4.69, 9.17) is 17.4 Å². The minimum atomic E-state index is -0.276. The molecule has 1 saturated carbocycles. The molecule has 3 nitrogen and oxygen atoms in total. The van der Waals surface area contributed by atoms with Gasteiger partial charge < -0.3 is 0 Å². The van der Waals surface area contributed by atoms with Crippen LogP contribution in [-0.2, 0) is 0 Å². The summed E-state index contributed by atoms with van der Waals surface area (Å²) in [6.45, 7) is 6.21. The average Bonchev–Trinajstić information content (AvgIpc) is 2.95. The van der Waals surface area contributed by atoms with Crippen molar-refractivity contribution in [2.75, 3.05) is 13.1 Å². The molecule has 0 saturated heterocycles. The fourth-order valence-corrected chi connectivity index (χ4v) is 4.12. The van der Waals surface area contributed by atoms with Crippen molar-refractivity contribution in [1.29, 1.82) is 0 Å². The van der Waals surface area contributed by atoms with Gasteiger partial charge in [0.1, 0.15) is 5.82 Å². The second-order valence-electron chi connectivity index (χ2n) is 5.75. The van der Waals surface area contributed by atoms with Crippen LogP contribution in [0.25, 0.3) is 0 Å². The molecular formula is C16H25ClFN3. The maximum absolute atomic E-state index is 13.7. The van der Waals surface area contributed by atoms with Crippen LogP contribution in [0.2, 0.25) is 5.02 Å². The third-order valence-corrected chi connectivity index (χ3v) is 5.18. The Bertz CT molecular complexity index is 471. The molecule has 5 heteroatoms. The molecule has 0 radical (unpaired) electrons. The van der Waals surface area contributed by atoms with Gasteiger partial charge in [-0.2, -0.15) is 0 Å². The van der Waals surface area contributed by atoms with Crippen LogP contribution in [0.3, 0.4) is 0 Å². The summed E-state index contributed by atoms with van der Waals surface area (Å²) in [6, 6.07) is 4.35. The molecule has 0 spiro atoms. The smallest absolute Gasteiger partial charge is 0.123 e. The Balaban J connectivity index is 2.47. The van der Waals surface area contributed by atoms with Crippen molar-refractivity contribution < 1.29 is 4.39 Å². The molecule has 1 aromatic rings. The van der Waals surface area contributed by atoms with Gasteiger partial charge in [-0.25, -0.2) is 4.39 Å². The molecule has 21 heavy (non-hydrogen) atoms. The first-order valence-corrected chi connectivity index (χ1v) is 8.13. The van der Waals surface area contributed by atoms with Crippen LogP contribution in [0.1, 0.15) is 51.1 Å². The highest BCUT2D eigenvalue weighted by molar-refractivity contribution is 6.31. The highest BCUT2D eigenvalue weighted by Crippen LogP contribution is 2.45. The van der Waals surface area contributed by atoms with Crippen LogP contribution in [0, 0.1) is 5.82 Å². The lowest BCUT2D eigenvalue weighted by atomic mass is 9.82. The lowest BCUT2D eigenvalue weighted by molar-refractivity contribution is 0.0625. The summed E-state index contributed by atoms with van der Waals surface area (Å²) < 4.78 is 13.7. The molecular weight excluding hydrogens is 289 g/mol. The number of benzene rings is 1. The van der Waals surface area contributed by atoms with E-state index in [1.54, 1.807) is 6.07 Å². The quantitative estimate of drug-likeness (QED) is 0.622. The molecule has 1 aromatic carbocycles. The monoisotopic (exact) mass is 313 g/mol. The topological polar surface area (TPSA) is 41.3 Å². The van der Waals surface area contributed by atoms with E-state index in [-0.39, 0.29) is 17.4 Å². The number of likely N-dealkylation sites (N-methyl/N-ethyl adjacent to an activating group) is 1. The summed E-state index contributed by atoms with van der Waals surface area (Å²) in [5, 5.41) is 0.567. The number of rotatable bonds is 6. The van der Waals surface area contributed by atoms with Gasteiger partial charge in [0.2, 0.25) is 0 Å². The number of halogens is 2. The zero-order chi connectivity index (χ0) is 15.5. The molecule has 0 aromatic heterocycles. The molecule has 1 aliphatic carbocycles. The van der Waals surface area contributed by atoms with Gasteiger partial charge in [0.15, 0.2) is 0 Å². The number of hydrazine groups is 1. The number of hydrogen-bond acceptors (Lipinski definition) is 3. The molecule has 0 amide bonds. The number of nitrogens with two attached hydrogens (primary N) is 1. The van der Waals surface area contributed by atoms with Crippen LogP contribution in [0.4, 0.5) is 4.39 Å². The Hall–Kier alpha value is -0.680. The molecule has 1 aliphatic rings. The van der Waals surface area contributed by atoms with Gasteiger partial charge in [0, 0.05) is 10.6 Å². The molecule has 0 aliphatic heterocycles. The van der Waals surface area contributed by atoms with Crippen molar-refractivity contribution in [2.24, 2.45) is 5.84 Å². The largest absolute Gasteiger partial charge is 0.296 e. The zero-order valence-corrected chi connectivity index (χ0v) is 13.6. The summed E-state index contributed by atoms with van der Waals surface area (Å²) in [5.41, 5.74) is 3.60. The predicted molar refractivity (Wildman–Crippen MR) is 85.6 cm³/mol. The van der Waals surface area contributed by atoms with E-state index in [0.29, 0.717) is 5.02 Å². The van der Waals surface area contributed by atoms with E-state index < -0.39 is 0 Å². The van der Waals surface area contributed by atoms with Crippen molar-refractivity contribution in [2.45, 2.75) is 51.1 Å². The Morgan fingerprint density at radius 1 is 1.33 bits per heavy atom. The highest BCUT2D eigenvalue weighted by atomic mass is 35.5. The second-order valence-corrected chi connectivity index (χ2v) is 6.16. The minimum Gasteiger partial charge on any atom is -0.296 e. The molecule has 118 valence electrons. The van der Waals surface area contributed by atoms with Crippen LogP contribution in [-0.4, -0.2) is 23.5 Å². The van der Waals surface area contributed by atoms with Crippen molar-refractivity contribution in [3.05, 3.63) is 34.6 Å². The van der Waals surface area contributed by atoms with E-state index in [1.807, 2.05) is 0 Å². The molecule has 1 unspecified atom stereocenters. The maximum atomic E-state index is 13.7. The van der Waals surface area contributed by atoms with E-state index >= 15 is 0 Å². The standard InChI is InChI=1S/C16H25ClFN3/c1-3-21(4-2)16(9-5-6-10-16)15(20-19)13-11-12(18)7-8-14(13)17/h7-8,11,15,20H,3-6,9-10,19H2,1-2H3. The van der Waals surface area contributed by atoms with Gasteiger partial charge in [-0.1, -0.05) is 38.3 Å². The van der Waals surface area contributed by atoms with Gasteiger partial charge in [-0.05, 0) is 49.7 Å². The highest BCUT2D eigenvalue weighted by Gasteiger charge is 2.45. The first kappa shape index (κ1) is 16.7. The van der Waals surface area contributed by atoms with Crippen LogP contribution < -0.4 is 11.3 Å². The molecule has 0 bridgehead atoms. The Morgan fingerprint density at radius 3 is 2.48 bits per heavy atom. The second kappa shape index (κ2) is 7.05. The maximum Gasteiger partial charge on any atom is 0.123 e. The van der Waals surface area contributed by atoms with Gasteiger partial charge in [-0.15, -0.1) is 0 Å². The fraction of sp³-hybridized carbons (Fsp3) is 0.625. The summed E-state index contributed by atoms with van der Waals surface area (Å²) in [6.07, 6.45) is 4.44. The zero-order valence-electron chi connectivity index (χ0n) is 12.8. The average molecular weight is 314 g/mol. The summed E-state index contributed by atoms with van der Waals surface area (Å²) in [7, 11) is 0. The molecule has 3 N–H and O–H groups in total. The van der Waals surface area contributed by atoms with E-state index in [9.17, 15) is 4.39 Å². The van der Waals surface area contributed by atoms with E-state index in [0.717, 1.165) is 31.5 Å². The van der Waals surface area contributed by atoms with Gasteiger partial charge in [0.05, 0.1) is 6.04 Å². The summed E-state index contributed by atoms with van der Waals surface area (Å²) >= 11 is 6.32. The summed E-state index contributed by atoms with van der Waals surface area (Å²) in [4.78, 5) is 2.44. The van der Waals surface area contributed by atoms with Crippen LogP contribution in [0.15, 0.2) is 18.2 Å². The van der Waals surface area contributed by atoms with Crippen molar-refractivity contribution in [1.82, 2.24) is 10.3 Å². The molecule has 2 rings (SSSR count). The number of nitrogens with one attached hydrogen (secondary N) is 1. The van der Waals surface area contributed by atoms with Crippen molar-refractivity contribution >= 4 is 11.6 Å². The lowest BCUT2D eigenvalue weighted by Crippen LogP contribution is -2.56. The summed E-state index contributed by atoms with van der Waals surface area (Å²) in [5.74, 6) is 5.60. The fourth-order valence-electron chi connectivity index (χ4n) is 3.90. The minimum absolute atomic E-state index is 0.0876. The molecule has 1 atom stereocenters. The Labute approximate surface area is 131 Å². The lowest BCUT2D eigenvalue weighted by Gasteiger charge is -2.46. The van der Waals surface area contributed by atoms with Gasteiger partial charge in [0.25, 0.3) is 0 Å². The van der Waals surface area contributed by atoms with Crippen LogP contribution >= 0.6 is 11.6 Å².